The topological polar surface area (TPSA) is 131 Å². The van der Waals surface area contributed by atoms with Gasteiger partial charge in [-0.15, -0.1) is 20.2 Å². The van der Waals surface area contributed by atoms with E-state index in [1.54, 1.807) is 0 Å². The van der Waals surface area contributed by atoms with Gasteiger partial charge in [0.05, 0.1) is 0 Å². The molecular weight excluding hydrogens is 318 g/mol. The summed E-state index contributed by atoms with van der Waals surface area (Å²) in [4.78, 5) is 31.0. The van der Waals surface area contributed by atoms with E-state index in [-0.39, 0.29) is 10.8 Å². The number of rotatable bonds is 8. The molecule has 0 aliphatic heterocycles. The van der Waals surface area contributed by atoms with E-state index in [9.17, 15) is 20.2 Å². The Morgan fingerprint density at radius 1 is 1.17 bits per heavy atom. The molecule has 0 radical (unpaired) electrons. The molecule has 9 heteroatoms. The van der Waals surface area contributed by atoms with Gasteiger partial charge in [0.2, 0.25) is 0 Å². The number of hydrogen-bond donors (Lipinski definition) is 1. The lowest BCUT2D eigenvalue weighted by Crippen LogP contribution is -2.61. The molecular formula is C15H25N3O6. The molecule has 0 spiro atoms. The van der Waals surface area contributed by atoms with E-state index in [0.29, 0.717) is 12.5 Å². The van der Waals surface area contributed by atoms with Crippen molar-refractivity contribution in [1.82, 2.24) is 0 Å². The maximum atomic E-state index is 11.0. The van der Waals surface area contributed by atoms with Crippen LogP contribution in [0.3, 0.4) is 0 Å². The fourth-order valence-electron chi connectivity index (χ4n) is 6.72. The van der Waals surface area contributed by atoms with Gasteiger partial charge >= 0.3 is 0 Å². The smallest absolute Gasteiger partial charge is 0.294 e. The van der Waals surface area contributed by atoms with Gasteiger partial charge in [0.15, 0.2) is 0 Å². The largest absolute Gasteiger partial charge is 0.330 e. The molecule has 4 fully saturated rings. The average molecular weight is 343 g/mol. The maximum Gasteiger partial charge on any atom is 0.294 e. The van der Waals surface area contributed by atoms with E-state index in [1.165, 1.54) is 0 Å². The van der Waals surface area contributed by atoms with Gasteiger partial charge in [0.25, 0.3) is 10.2 Å². The Morgan fingerprint density at radius 3 is 2.50 bits per heavy atom. The molecule has 4 aliphatic rings. The van der Waals surface area contributed by atoms with Crippen molar-refractivity contribution >= 4 is 0 Å². The monoisotopic (exact) mass is 343 g/mol. The third-order valence-corrected chi connectivity index (χ3v) is 6.41. The molecule has 4 aliphatic carbocycles. The first-order chi connectivity index (χ1) is 11.2. The predicted octanol–water partition coefficient (Wildman–Crippen LogP) is 2.10. The molecule has 0 amide bonds. The van der Waals surface area contributed by atoms with Crippen molar-refractivity contribution in [1.29, 1.82) is 0 Å². The van der Waals surface area contributed by atoms with Crippen molar-refractivity contribution in [3.05, 3.63) is 20.2 Å². The Labute approximate surface area is 140 Å². The standard InChI is InChI=1S/C15H25N3O6/c1-13-4-11-5-14(8-13,2-3-16)10-15(6-11,9-13)12(24-18(21)22)7-23-17(19)20/h11-12H,2-10,16H2,1H3. The summed E-state index contributed by atoms with van der Waals surface area (Å²) in [6, 6.07) is 0. The molecule has 0 aromatic carbocycles. The minimum Gasteiger partial charge on any atom is -0.330 e. The van der Waals surface area contributed by atoms with Gasteiger partial charge in [-0.2, -0.15) is 0 Å². The summed E-state index contributed by atoms with van der Waals surface area (Å²) < 4.78 is 0. The van der Waals surface area contributed by atoms with E-state index < -0.39 is 28.3 Å². The second-order valence-corrected chi connectivity index (χ2v) is 8.56. The number of nitrogens with zero attached hydrogens (tertiary/aromatic N) is 2. The van der Waals surface area contributed by atoms with Crippen LogP contribution in [0.2, 0.25) is 0 Å². The van der Waals surface area contributed by atoms with Crippen LogP contribution in [0.5, 0.6) is 0 Å². The Balaban J connectivity index is 1.90. The Hall–Kier alpha value is -1.64. The fourth-order valence-corrected chi connectivity index (χ4v) is 6.72. The van der Waals surface area contributed by atoms with Crippen LogP contribution in [0.4, 0.5) is 0 Å². The summed E-state index contributed by atoms with van der Waals surface area (Å²) in [5, 5.41) is 19.8. The highest BCUT2D eigenvalue weighted by molar-refractivity contribution is 5.13. The van der Waals surface area contributed by atoms with Gasteiger partial charge in [0, 0.05) is 5.41 Å². The molecule has 5 atom stereocenters. The summed E-state index contributed by atoms with van der Waals surface area (Å²) in [7, 11) is 0. The Kier molecular flexibility index (Phi) is 4.09. The first-order valence-electron chi connectivity index (χ1n) is 8.49. The second-order valence-electron chi connectivity index (χ2n) is 8.56. The van der Waals surface area contributed by atoms with Crippen molar-refractivity contribution in [3.63, 3.8) is 0 Å². The van der Waals surface area contributed by atoms with Crippen LogP contribution in [0.15, 0.2) is 0 Å². The normalized spacial score (nSPS) is 41.0. The quantitative estimate of drug-likeness (QED) is 0.527. The fraction of sp³-hybridized carbons (Fsp3) is 1.00. The summed E-state index contributed by atoms with van der Waals surface area (Å²) >= 11 is 0. The van der Waals surface area contributed by atoms with Crippen molar-refractivity contribution in [2.24, 2.45) is 27.9 Å². The summed E-state index contributed by atoms with van der Waals surface area (Å²) in [6.45, 7) is 2.43. The molecule has 24 heavy (non-hydrogen) atoms. The summed E-state index contributed by atoms with van der Waals surface area (Å²) in [5.74, 6) is 0.478. The molecule has 4 saturated carbocycles. The highest BCUT2D eigenvalue weighted by Crippen LogP contribution is 2.71. The van der Waals surface area contributed by atoms with Crippen LogP contribution in [-0.2, 0) is 9.68 Å². The van der Waals surface area contributed by atoms with Crippen molar-refractivity contribution in [2.75, 3.05) is 13.2 Å². The predicted molar refractivity (Wildman–Crippen MR) is 82.7 cm³/mol. The number of hydrogen-bond acceptors (Lipinski definition) is 7. The van der Waals surface area contributed by atoms with Crippen molar-refractivity contribution < 1.29 is 19.8 Å². The molecule has 9 nitrogen and oxygen atoms in total. The molecule has 2 N–H and O–H groups in total. The van der Waals surface area contributed by atoms with E-state index in [2.05, 4.69) is 11.8 Å². The lowest BCUT2D eigenvalue weighted by molar-refractivity contribution is -0.794. The molecule has 0 saturated heterocycles. The molecule has 4 bridgehead atoms. The minimum absolute atomic E-state index is 0.0791. The molecule has 0 heterocycles. The van der Waals surface area contributed by atoms with Gasteiger partial charge in [-0.1, -0.05) is 6.92 Å². The second kappa shape index (κ2) is 5.72. The first kappa shape index (κ1) is 17.2. The van der Waals surface area contributed by atoms with Crippen LogP contribution in [0, 0.1) is 42.4 Å². The zero-order valence-electron chi connectivity index (χ0n) is 13.9. The van der Waals surface area contributed by atoms with E-state index in [0.717, 1.165) is 44.9 Å². The van der Waals surface area contributed by atoms with E-state index in [1.807, 2.05) is 0 Å². The van der Waals surface area contributed by atoms with Crippen LogP contribution >= 0.6 is 0 Å². The van der Waals surface area contributed by atoms with Crippen LogP contribution in [0.1, 0.15) is 51.9 Å². The average Bonchev–Trinajstić information content (AvgIpc) is 2.39. The molecule has 0 aromatic heterocycles. The van der Waals surface area contributed by atoms with Gasteiger partial charge in [0.1, 0.15) is 12.7 Å². The summed E-state index contributed by atoms with van der Waals surface area (Å²) in [5.41, 5.74) is 5.58. The number of nitrogens with two attached hydrogens (primary N) is 1. The highest BCUT2D eigenvalue weighted by atomic mass is 17.0. The van der Waals surface area contributed by atoms with Crippen LogP contribution < -0.4 is 5.73 Å². The molecule has 4 rings (SSSR count). The van der Waals surface area contributed by atoms with E-state index in [4.69, 9.17) is 10.6 Å². The molecule has 0 aromatic rings. The zero-order valence-corrected chi connectivity index (χ0v) is 13.9. The summed E-state index contributed by atoms with van der Waals surface area (Å²) in [6.07, 6.45) is 5.67. The zero-order chi connectivity index (χ0) is 17.6. The van der Waals surface area contributed by atoms with Gasteiger partial charge in [-0.25, -0.2) is 0 Å². The highest BCUT2D eigenvalue weighted by Gasteiger charge is 2.64. The lowest BCUT2D eigenvalue weighted by atomic mass is 9.38. The van der Waals surface area contributed by atoms with Gasteiger partial charge in [-0.3, -0.25) is 0 Å². The molecule has 136 valence electrons. The minimum atomic E-state index is -0.909. The maximum absolute atomic E-state index is 11.0. The van der Waals surface area contributed by atoms with Crippen molar-refractivity contribution in [3.8, 4) is 0 Å². The van der Waals surface area contributed by atoms with E-state index >= 15 is 0 Å². The lowest BCUT2D eigenvalue weighted by Gasteiger charge is -2.67. The van der Waals surface area contributed by atoms with Crippen molar-refractivity contribution in [2.45, 2.75) is 58.0 Å². The Bertz CT molecular complexity index is 545. The van der Waals surface area contributed by atoms with Gasteiger partial charge < -0.3 is 15.4 Å². The van der Waals surface area contributed by atoms with Gasteiger partial charge in [-0.05, 0) is 68.2 Å². The SMILES string of the molecule is CC12CC3CC(CCN)(C1)CC(C(CO[N+](=O)[O-])O[N+](=O)[O-])(C3)C2. The third-order valence-electron chi connectivity index (χ3n) is 6.41. The Morgan fingerprint density at radius 2 is 1.92 bits per heavy atom. The molecule has 5 unspecified atom stereocenters. The third kappa shape index (κ3) is 3.01. The van der Waals surface area contributed by atoms with Crippen LogP contribution in [0.25, 0.3) is 0 Å². The first-order valence-corrected chi connectivity index (χ1v) is 8.49. The van der Waals surface area contributed by atoms with Crippen LogP contribution in [-0.4, -0.2) is 29.4 Å².